The third-order valence-electron chi connectivity index (χ3n) is 4.75. The molecule has 0 radical (unpaired) electrons. The van der Waals surface area contributed by atoms with Gasteiger partial charge >= 0.3 is 0 Å². The molecule has 0 aliphatic rings. The van der Waals surface area contributed by atoms with Crippen molar-refractivity contribution in [2.24, 2.45) is 0 Å². The molecule has 0 saturated heterocycles. The minimum Gasteiger partial charge on any atom is -0.467 e. The van der Waals surface area contributed by atoms with Crippen molar-refractivity contribution in [1.82, 2.24) is 24.7 Å². The van der Waals surface area contributed by atoms with E-state index in [1.54, 1.807) is 12.3 Å². The molecule has 30 heavy (non-hydrogen) atoms. The zero-order valence-electron chi connectivity index (χ0n) is 16.0. The molecule has 5 aromatic rings. The van der Waals surface area contributed by atoms with E-state index in [1.807, 2.05) is 47.9 Å². The number of furan rings is 1. The Morgan fingerprint density at radius 1 is 1.03 bits per heavy atom. The summed E-state index contributed by atoms with van der Waals surface area (Å²) >= 11 is 1.33. The van der Waals surface area contributed by atoms with Crippen LogP contribution in [-0.2, 0) is 6.54 Å². The Bertz CT molecular complexity index is 1330. The maximum absolute atomic E-state index is 13.8. The maximum atomic E-state index is 13.8. The number of hydrogen-bond acceptors (Lipinski definition) is 6. The Kier molecular flexibility index (Phi) is 4.76. The predicted molar refractivity (Wildman–Crippen MR) is 112 cm³/mol. The van der Waals surface area contributed by atoms with Gasteiger partial charge in [0.15, 0.2) is 11.0 Å². The lowest BCUT2D eigenvalue weighted by Gasteiger charge is -2.11. The van der Waals surface area contributed by atoms with Gasteiger partial charge in [-0.15, -0.1) is 10.2 Å². The number of aryl methyl sites for hydroxylation is 1. The molecular weight excluding hydrogens is 401 g/mol. The van der Waals surface area contributed by atoms with E-state index < -0.39 is 0 Å². The Hall–Kier alpha value is -3.52. The average Bonchev–Trinajstić information content (AvgIpc) is 3.40. The lowest BCUT2D eigenvalue weighted by atomic mass is 10.1. The highest BCUT2D eigenvalue weighted by atomic mass is 32.2. The van der Waals surface area contributed by atoms with E-state index in [1.165, 1.54) is 30.2 Å². The van der Waals surface area contributed by atoms with Crippen LogP contribution in [0.5, 0.6) is 0 Å². The summed E-state index contributed by atoms with van der Waals surface area (Å²) in [5.74, 6) is 1.18. The van der Waals surface area contributed by atoms with Crippen LogP contribution in [0, 0.1) is 12.7 Å². The second kappa shape index (κ2) is 7.72. The summed E-state index contributed by atoms with van der Waals surface area (Å²) in [4.78, 5) is 8.58. The number of aromatic nitrogens is 5. The Balaban J connectivity index is 1.62. The van der Waals surface area contributed by atoms with E-state index in [0.29, 0.717) is 27.6 Å². The molecule has 0 aliphatic carbocycles. The summed E-state index contributed by atoms with van der Waals surface area (Å²) in [6, 6.07) is 16.2. The second-order valence-corrected chi connectivity index (χ2v) is 7.68. The first-order chi connectivity index (χ1) is 14.7. The van der Waals surface area contributed by atoms with Gasteiger partial charge in [0.05, 0.1) is 18.3 Å². The molecule has 148 valence electrons. The molecule has 0 amide bonds. The minimum absolute atomic E-state index is 0.336. The van der Waals surface area contributed by atoms with E-state index in [4.69, 9.17) is 4.42 Å². The molecule has 2 aromatic carbocycles. The van der Waals surface area contributed by atoms with E-state index >= 15 is 0 Å². The van der Waals surface area contributed by atoms with Crippen molar-refractivity contribution in [3.63, 3.8) is 0 Å². The van der Waals surface area contributed by atoms with Gasteiger partial charge in [0.1, 0.15) is 22.9 Å². The average molecular weight is 417 g/mol. The fraction of sp³-hybridized carbons (Fsp3) is 0.0909. The zero-order chi connectivity index (χ0) is 20.5. The number of benzene rings is 2. The lowest BCUT2D eigenvalue weighted by Crippen LogP contribution is -2.04. The van der Waals surface area contributed by atoms with Gasteiger partial charge in [-0.25, -0.2) is 14.4 Å². The largest absolute Gasteiger partial charge is 0.467 e. The van der Waals surface area contributed by atoms with Crippen LogP contribution in [0.4, 0.5) is 4.39 Å². The molecule has 0 fully saturated rings. The molecule has 0 atom stereocenters. The summed E-state index contributed by atoms with van der Waals surface area (Å²) in [5, 5.41) is 10.8. The van der Waals surface area contributed by atoms with E-state index in [9.17, 15) is 4.39 Å². The number of nitrogens with zero attached hydrogens (tertiary/aromatic N) is 5. The van der Waals surface area contributed by atoms with E-state index in [0.717, 1.165) is 22.7 Å². The maximum Gasteiger partial charge on any atom is 0.198 e. The summed E-state index contributed by atoms with van der Waals surface area (Å²) in [7, 11) is 0. The molecule has 0 spiro atoms. The number of hydrogen-bond donors (Lipinski definition) is 0. The smallest absolute Gasteiger partial charge is 0.198 e. The monoisotopic (exact) mass is 417 g/mol. The van der Waals surface area contributed by atoms with Crippen LogP contribution >= 0.6 is 11.8 Å². The lowest BCUT2D eigenvalue weighted by molar-refractivity contribution is 0.485. The first kappa shape index (κ1) is 18.5. The molecule has 5 rings (SSSR count). The minimum atomic E-state index is -0.336. The zero-order valence-corrected chi connectivity index (χ0v) is 16.8. The Labute approximate surface area is 175 Å². The highest BCUT2D eigenvalue weighted by Crippen LogP contribution is 2.33. The fourth-order valence-electron chi connectivity index (χ4n) is 3.26. The third kappa shape index (κ3) is 3.46. The van der Waals surface area contributed by atoms with Crippen LogP contribution in [0.2, 0.25) is 0 Å². The summed E-state index contributed by atoms with van der Waals surface area (Å²) < 4.78 is 21.4. The van der Waals surface area contributed by atoms with Gasteiger partial charge in [-0.2, -0.15) is 0 Å². The summed E-state index contributed by atoms with van der Waals surface area (Å²) in [6.07, 6.45) is 3.11. The van der Waals surface area contributed by atoms with Crippen LogP contribution in [0.1, 0.15) is 11.3 Å². The summed E-state index contributed by atoms with van der Waals surface area (Å²) in [6.45, 7) is 2.50. The van der Waals surface area contributed by atoms with Crippen LogP contribution in [0.25, 0.3) is 22.3 Å². The molecule has 0 aliphatic heterocycles. The van der Waals surface area contributed by atoms with Crippen LogP contribution in [0.15, 0.2) is 81.8 Å². The van der Waals surface area contributed by atoms with Crippen molar-refractivity contribution in [3.05, 3.63) is 84.3 Å². The molecule has 0 saturated carbocycles. The van der Waals surface area contributed by atoms with Crippen molar-refractivity contribution < 1.29 is 8.81 Å². The van der Waals surface area contributed by atoms with E-state index in [-0.39, 0.29) is 5.82 Å². The first-order valence-electron chi connectivity index (χ1n) is 9.29. The number of rotatable bonds is 5. The van der Waals surface area contributed by atoms with Crippen molar-refractivity contribution in [2.45, 2.75) is 23.7 Å². The third-order valence-corrected chi connectivity index (χ3v) is 5.75. The quantitative estimate of drug-likeness (QED) is 0.369. The molecular formula is C22H16FN5OS. The van der Waals surface area contributed by atoms with Gasteiger partial charge in [0, 0.05) is 10.9 Å². The summed E-state index contributed by atoms with van der Waals surface area (Å²) in [5.41, 5.74) is 2.75. The molecule has 3 heterocycles. The molecule has 6 nitrogen and oxygen atoms in total. The molecule has 8 heteroatoms. The van der Waals surface area contributed by atoms with Crippen LogP contribution < -0.4 is 0 Å². The Morgan fingerprint density at radius 3 is 2.77 bits per heavy atom. The number of halogens is 1. The highest BCUT2D eigenvalue weighted by Gasteiger charge is 2.19. The fourth-order valence-corrected chi connectivity index (χ4v) is 4.15. The van der Waals surface area contributed by atoms with Crippen molar-refractivity contribution in [1.29, 1.82) is 0 Å². The van der Waals surface area contributed by atoms with Gasteiger partial charge in [-0.05, 0) is 54.6 Å². The number of fused-ring (bicyclic) bond motifs is 1. The Morgan fingerprint density at radius 2 is 1.93 bits per heavy atom. The van der Waals surface area contributed by atoms with Crippen molar-refractivity contribution in [3.8, 4) is 11.4 Å². The van der Waals surface area contributed by atoms with Crippen molar-refractivity contribution >= 4 is 22.7 Å². The van der Waals surface area contributed by atoms with Gasteiger partial charge in [0.2, 0.25) is 0 Å². The molecule has 0 N–H and O–H groups in total. The SMILES string of the molecule is Cc1ccccc1-c1nnc(Sc2ncnc3ccc(F)cc23)n1Cc1ccco1. The van der Waals surface area contributed by atoms with Crippen molar-refractivity contribution in [2.75, 3.05) is 0 Å². The topological polar surface area (TPSA) is 69.6 Å². The molecule has 3 aromatic heterocycles. The molecule has 0 unspecified atom stereocenters. The first-order valence-corrected chi connectivity index (χ1v) is 10.1. The van der Waals surface area contributed by atoms with Gasteiger partial charge in [-0.3, -0.25) is 4.57 Å². The van der Waals surface area contributed by atoms with Gasteiger partial charge in [-0.1, -0.05) is 24.3 Å². The van der Waals surface area contributed by atoms with E-state index in [2.05, 4.69) is 20.2 Å². The van der Waals surface area contributed by atoms with Gasteiger partial charge in [0.25, 0.3) is 0 Å². The van der Waals surface area contributed by atoms with Gasteiger partial charge < -0.3 is 4.42 Å². The second-order valence-electron chi connectivity index (χ2n) is 6.73. The predicted octanol–water partition coefficient (Wildman–Crippen LogP) is 5.13. The molecule has 0 bridgehead atoms. The van der Waals surface area contributed by atoms with Crippen LogP contribution in [0.3, 0.4) is 0 Å². The normalized spacial score (nSPS) is 11.3. The van der Waals surface area contributed by atoms with Crippen LogP contribution in [-0.4, -0.2) is 24.7 Å². The standard InChI is InChI=1S/C22H16FN5OS/c1-14-5-2-3-7-17(14)20-26-27-22(28(20)12-16-6-4-10-29-16)30-21-18-11-15(23)8-9-19(18)24-13-25-21/h2-11,13H,12H2,1H3. The highest BCUT2D eigenvalue weighted by molar-refractivity contribution is 7.99.